The summed E-state index contributed by atoms with van der Waals surface area (Å²) in [6.07, 6.45) is -0.410. The monoisotopic (exact) mass is 546 g/mol. The average Bonchev–Trinajstić information content (AvgIpc) is 3.42. The lowest BCUT2D eigenvalue weighted by atomic mass is 9.75. The number of alkyl halides is 2. The van der Waals surface area contributed by atoms with E-state index in [2.05, 4.69) is 29.7 Å². The summed E-state index contributed by atoms with van der Waals surface area (Å²) in [6, 6.07) is 4.73. The molecule has 12 heteroatoms. The van der Waals surface area contributed by atoms with Crippen LogP contribution in [0.5, 0.6) is 5.88 Å². The first kappa shape index (κ1) is 27.3. The molecule has 38 heavy (non-hydrogen) atoms. The third kappa shape index (κ3) is 4.80. The lowest BCUT2D eigenvalue weighted by Crippen LogP contribution is -2.41. The molecule has 2 aliphatic rings. The van der Waals surface area contributed by atoms with E-state index in [1.807, 2.05) is 44.4 Å². The van der Waals surface area contributed by atoms with Gasteiger partial charge in [-0.3, -0.25) is 0 Å². The van der Waals surface area contributed by atoms with Gasteiger partial charge in [-0.05, 0) is 45.9 Å². The Bertz CT molecular complexity index is 1320. The molecule has 0 radical (unpaired) electrons. The summed E-state index contributed by atoms with van der Waals surface area (Å²) in [7, 11) is -2.14. The summed E-state index contributed by atoms with van der Waals surface area (Å²) in [6.45, 7) is 16.4. The predicted octanol–water partition coefficient (Wildman–Crippen LogP) is 5.23. The fourth-order valence-corrected chi connectivity index (χ4v) is 5.61. The molecule has 0 saturated carbocycles. The molecular formula is C26H37BF2N4O4Si. The number of hydrogen-bond donors (Lipinski definition) is 0. The smallest absolute Gasteiger partial charge is 0.477 e. The molecule has 0 bridgehead atoms. The number of hydrogen-bond acceptors (Lipinski definition) is 6. The van der Waals surface area contributed by atoms with Gasteiger partial charge in [0, 0.05) is 44.7 Å². The van der Waals surface area contributed by atoms with Crippen LogP contribution in [-0.4, -0.2) is 58.9 Å². The van der Waals surface area contributed by atoms with Crippen molar-refractivity contribution in [2.45, 2.75) is 90.7 Å². The van der Waals surface area contributed by atoms with Gasteiger partial charge in [-0.1, -0.05) is 19.6 Å². The van der Waals surface area contributed by atoms with Crippen molar-refractivity contribution in [3.8, 4) is 17.1 Å². The normalized spacial score (nSPS) is 18.8. The SMILES string of the molecule is CC1(C)OB(c2c(-c3c(C(F)F)nn4c3OCCC4)n(COCC[Si](C)(C)C)c3ncccc23)OC1(C)C. The van der Waals surface area contributed by atoms with Gasteiger partial charge in [0.15, 0.2) is 0 Å². The van der Waals surface area contributed by atoms with E-state index in [0.717, 1.165) is 11.4 Å². The van der Waals surface area contributed by atoms with E-state index in [-0.39, 0.29) is 18.0 Å². The van der Waals surface area contributed by atoms with Crippen LogP contribution in [0.2, 0.25) is 25.7 Å². The quantitative estimate of drug-likeness (QED) is 0.285. The molecule has 0 aromatic carbocycles. The molecule has 0 aliphatic carbocycles. The van der Waals surface area contributed by atoms with Crippen molar-refractivity contribution in [1.29, 1.82) is 0 Å². The lowest BCUT2D eigenvalue weighted by Gasteiger charge is -2.32. The maximum Gasteiger partial charge on any atom is 0.497 e. The van der Waals surface area contributed by atoms with Gasteiger partial charge in [0.1, 0.15) is 18.1 Å². The van der Waals surface area contributed by atoms with Crippen molar-refractivity contribution < 1.29 is 27.6 Å². The van der Waals surface area contributed by atoms with Gasteiger partial charge in [-0.2, -0.15) is 5.10 Å². The number of aromatic nitrogens is 4. The highest BCUT2D eigenvalue weighted by atomic mass is 28.3. The Morgan fingerprint density at radius 3 is 2.53 bits per heavy atom. The first-order valence-electron chi connectivity index (χ1n) is 13.2. The van der Waals surface area contributed by atoms with Crippen molar-refractivity contribution >= 4 is 31.7 Å². The average molecular weight is 547 g/mol. The molecule has 0 unspecified atom stereocenters. The molecule has 3 aromatic heterocycles. The second kappa shape index (κ2) is 9.72. The Kier molecular flexibility index (Phi) is 6.98. The summed E-state index contributed by atoms with van der Waals surface area (Å²) in [5, 5.41) is 5.04. The van der Waals surface area contributed by atoms with Gasteiger partial charge >= 0.3 is 7.12 Å². The Hall–Kier alpha value is -2.28. The highest BCUT2D eigenvalue weighted by molar-refractivity contribution is 6.76. The van der Waals surface area contributed by atoms with Crippen LogP contribution in [0.1, 0.15) is 46.2 Å². The second-order valence-corrected chi connectivity index (χ2v) is 17.9. The van der Waals surface area contributed by atoms with Crippen LogP contribution in [0.4, 0.5) is 8.78 Å². The summed E-state index contributed by atoms with van der Waals surface area (Å²) in [5.41, 5.74) is 0.397. The Balaban J connectivity index is 1.74. The molecule has 2 aliphatic heterocycles. The molecule has 206 valence electrons. The fraction of sp³-hybridized carbons (Fsp3) is 0.615. The topological polar surface area (TPSA) is 72.6 Å². The Morgan fingerprint density at radius 2 is 1.87 bits per heavy atom. The Morgan fingerprint density at radius 1 is 1.16 bits per heavy atom. The summed E-state index contributed by atoms with van der Waals surface area (Å²) in [4.78, 5) is 4.66. The summed E-state index contributed by atoms with van der Waals surface area (Å²) < 4.78 is 57.5. The van der Waals surface area contributed by atoms with Gasteiger partial charge in [-0.25, -0.2) is 18.4 Å². The molecule has 0 spiro atoms. The zero-order chi connectivity index (χ0) is 27.5. The summed E-state index contributed by atoms with van der Waals surface area (Å²) >= 11 is 0. The number of fused-ring (bicyclic) bond motifs is 2. The van der Waals surface area contributed by atoms with Crippen molar-refractivity contribution in [3.63, 3.8) is 0 Å². The molecule has 5 heterocycles. The van der Waals surface area contributed by atoms with Gasteiger partial charge in [0.2, 0.25) is 5.88 Å². The van der Waals surface area contributed by atoms with Gasteiger partial charge in [0.25, 0.3) is 6.43 Å². The number of halogens is 2. The lowest BCUT2D eigenvalue weighted by molar-refractivity contribution is 0.00578. The van der Waals surface area contributed by atoms with Crippen molar-refractivity contribution in [3.05, 3.63) is 24.0 Å². The van der Waals surface area contributed by atoms with Crippen molar-refractivity contribution in [2.75, 3.05) is 13.2 Å². The third-order valence-electron chi connectivity index (χ3n) is 7.69. The molecule has 3 aromatic rings. The van der Waals surface area contributed by atoms with Crippen LogP contribution in [0.3, 0.4) is 0 Å². The van der Waals surface area contributed by atoms with Crippen LogP contribution >= 0.6 is 0 Å². The van der Waals surface area contributed by atoms with E-state index in [1.165, 1.54) is 4.68 Å². The molecule has 1 saturated heterocycles. The number of ether oxygens (including phenoxy) is 2. The largest absolute Gasteiger partial charge is 0.497 e. The van der Waals surface area contributed by atoms with Crippen LogP contribution < -0.4 is 10.2 Å². The fourth-order valence-electron chi connectivity index (χ4n) is 4.85. The number of rotatable bonds is 8. The van der Waals surface area contributed by atoms with Crippen LogP contribution in [0, 0.1) is 0 Å². The maximum atomic E-state index is 14.5. The van der Waals surface area contributed by atoms with Gasteiger partial charge in [0.05, 0.1) is 29.1 Å². The van der Waals surface area contributed by atoms with Crippen molar-refractivity contribution in [2.24, 2.45) is 0 Å². The maximum absolute atomic E-state index is 14.5. The highest BCUT2D eigenvalue weighted by Crippen LogP contribution is 2.43. The van der Waals surface area contributed by atoms with E-state index < -0.39 is 32.8 Å². The zero-order valence-electron chi connectivity index (χ0n) is 23.3. The number of pyridine rings is 1. The van der Waals surface area contributed by atoms with Gasteiger partial charge in [-0.15, -0.1) is 0 Å². The van der Waals surface area contributed by atoms with Crippen LogP contribution in [0.15, 0.2) is 18.3 Å². The van der Waals surface area contributed by atoms with Crippen LogP contribution in [0.25, 0.3) is 22.3 Å². The van der Waals surface area contributed by atoms with Crippen LogP contribution in [-0.2, 0) is 27.3 Å². The van der Waals surface area contributed by atoms with E-state index in [0.29, 0.717) is 48.9 Å². The predicted molar refractivity (Wildman–Crippen MR) is 146 cm³/mol. The minimum Gasteiger partial charge on any atom is -0.477 e. The summed E-state index contributed by atoms with van der Waals surface area (Å²) in [5.74, 6) is 0.329. The highest BCUT2D eigenvalue weighted by Gasteiger charge is 2.54. The van der Waals surface area contributed by atoms with E-state index in [9.17, 15) is 8.78 Å². The molecular weight excluding hydrogens is 509 g/mol. The zero-order valence-corrected chi connectivity index (χ0v) is 24.3. The third-order valence-corrected chi connectivity index (χ3v) is 9.40. The molecule has 0 atom stereocenters. The molecule has 8 nitrogen and oxygen atoms in total. The van der Waals surface area contributed by atoms with E-state index >= 15 is 0 Å². The molecule has 0 amide bonds. The standard InChI is InChI=1S/C26H37BF2N4O4Si/c1-25(2)26(3,4)37-27(36-25)19-17-10-8-11-30-23(17)32(16-34-14-15-38(5,6)7)21(19)18-20(22(28)29)31-33-12-9-13-35-24(18)33/h8,10-11,22H,9,12-16H2,1-7H3. The van der Waals surface area contributed by atoms with Crippen molar-refractivity contribution in [1.82, 2.24) is 19.3 Å². The second-order valence-electron chi connectivity index (χ2n) is 12.3. The Labute approximate surface area is 223 Å². The first-order chi connectivity index (χ1) is 17.8. The first-order valence-corrected chi connectivity index (χ1v) is 16.9. The number of aryl methyl sites for hydroxylation is 1. The molecule has 0 N–H and O–H groups in total. The minimum absolute atomic E-state index is 0.139. The van der Waals surface area contributed by atoms with E-state index in [1.54, 1.807) is 6.20 Å². The molecule has 1 fully saturated rings. The minimum atomic E-state index is -2.80. The van der Waals surface area contributed by atoms with E-state index in [4.69, 9.17) is 18.8 Å². The number of nitrogens with zero attached hydrogens (tertiary/aromatic N) is 4. The molecule has 5 rings (SSSR count). The van der Waals surface area contributed by atoms with Gasteiger partial charge < -0.3 is 23.3 Å².